The Morgan fingerprint density at radius 2 is 1.87 bits per heavy atom. The Kier molecular flexibility index (Phi) is 3.65. The van der Waals surface area contributed by atoms with Crippen molar-refractivity contribution in [2.24, 2.45) is 5.16 Å². The second kappa shape index (κ2) is 5.51. The molecule has 0 spiro atoms. The molecule has 3 rings (SSSR count). The molecule has 0 amide bonds. The van der Waals surface area contributed by atoms with Crippen LogP contribution < -0.4 is 0 Å². The molecule has 1 heterocycles. The minimum atomic E-state index is -3.28. The van der Waals surface area contributed by atoms with Crippen LogP contribution in [-0.4, -0.2) is 31.1 Å². The molecule has 1 aromatic heterocycles. The number of halogens is 1. The van der Waals surface area contributed by atoms with Crippen molar-refractivity contribution in [1.82, 2.24) is 4.98 Å². The minimum absolute atomic E-state index is 0.209. The van der Waals surface area contributed by atoms with Crippen LogP contribution in [0.4, 0.5) is 4.39 Å². The quantitative estimate of drug-likeness (QED) is 0.439. The van der Waals surface area contributed by atoms with Crippen LogP contribution in [0.1, 0.15) is 5.56 Å². The fourth-order valence-electron chi connectivity index (χ4n) is 2.47. The largest absolute Gasteiger partial charge is 0.411 e. The summed E-state index contributed by atoms with van der Waals surface area (Å²) in [5.74, 6) is -0.400. The molecule has 0 radical (unpaired) electrons. The number of nitrogens with zero attached hydrogens (tertiary/aromatic N) is 1. The molecule has 118 valence electrons. The Balaban J connectivity index is 2.21. The molecule has 0 bridgehead atoms. The molecule has 23 heavy (non-hydrogen) atoms. The van der Waals surface area contributed by atoms with Gasteiger partial charge >= 0.3 is 0 Å². The SMILES string of the molecule is CS(=O)(=O)c1ccc(-c2[nH]c3ccc(F)cc3c2C=NO)cc1. The number of nitrogens with one attached hydrogen (secondary N) is 1. The van der Waals surface area contributed by atoms with E-state index in [9.17, 15) is 12.8 Å². The van der Waals surface area contributed by atoms with E-state index in [1.165, 1.54) is 30.5 Å². The van der Waals surface area contributed by atoms with Crippen molar-refractivity contribution >= 4 is 27.0 Å². The number of H-pyrrole nitrogens is 1. The van der Waals surface area contributed by atoms with Crippen molar-refractivity contribution in [3.8, 4) is 11.3 Å². The maximum Gasteiger partial charge on any atom is 0.175 e. The lowest BCUT2D eigenvalue weighted by atomic mass is 10.1. The Hall–Kier alpha value is -2.67. The number of aromatic nitrogens is 1. The van der Waals surface area contributed by atoms with Gasteiger partial charge in [0.1, 0.15) is 5.82 Å². The average molecular weight is 332 g/mol. The van der Waals surface area contributed by atoms with Crippen LogP contribution in [0.2, 0.25) is 0 Å². The number of sulfone groups is 1. The number of hydrogen-bond donors (Lipinski definition) is 2. The summed E-state index contributed by atoms with van der Waals surface area (Å²) in [6.07, 6.45) is 2.36. The second-order valence-electron chi connectivity index (χ2n) is 5.14. The van der Waals surface area contributed by atoms with Crippen molar-refractivity contribution in [3.05, 3.63) is 53.8 Å². The molecule has 0 aliphatic carbocycles. The predicted octanol–water partition coefficient (Wildman–Crippen LogP) is 3.19. The van der Waals surface area contributed by atoms with E-state index in [0.717, 1.165) is 6.26 Å². The maximum absolute atomic E-state index is 13.5. The van der Waals surface area contributed by atoms with E-state index in [1.807, 2.05) is 0 Å². The van der Waals surface area contributed by atoms with Crippen molar-refractivity contribution in [3.63, 3.8) is 0 Å². The minimum Gasteiger partial charge on any atom is -0.411 e. The Labute approximate surface area is 132 Å². The zero-order valence-corrected chi connectivity index (χ0v) is 12.9. The Morgan fingerprint density at radius 3 is 2.48 bits per heavy atom. The van der Waals surface area contributed by atoms with Gasteiger partial charge in [-0.2, -0.15) is 0 Å². The predicted molar refractivity (Wildman–Crippen MR) is 86.2 cm³/mol. The number of oxime groups is 1. The van der Waals surface area contributed by atoms with E-state index < -0.39 is 15.7 Å². The normalized spacial score (nSPS) is 12.3. The molecule has 0 aliphatic rings. The summed E-state index contributed by atoms with van der Waals surface area (Å²) in [7, 11) is -3.28. The number of hydrogen-bond acceptors (Lipinski definition) is 4. The monoisotopic (exact) mass is 332 g/mol. The maximum atomic E-state index is 13.5. The fourth-order valence-corrected chi connectivity index (χ4v) is 3.10. The molecule has 7 heteroatoms. The van der Waals surface area contributed by atoms with Crippen LogP contribution in [0.5, 0.6) is 0 Å². The summed E-state index contributed by atoms with van der Waals surface area (Å²) in [6.45, 7) is 0. The molecule has 0 saturated carbocycles. The first-order chi connectivity index (χ1) is 10.9. The second-order valence-corrected chi connectivity index (χ2v) is 7.16. The lowest BCUT2D eigenvalue weighted by Crippen LogP contribution is -1.96. The van der Waals surface area contributed by atoms with E-state index in [4.69, 9.17) is 5.21 Å². The molecule has 0 unspecified atom stereocenters. The highest BCUT2D eigenvalue weighted by atomic mass is 32.2. The van der Waals surface area contributed by atoms with Gasteiger partial charge in [-0.25, -0.2) is 12.8 Å². The molecule has 0 saturated heterocycles. The smallest absolute Gasteiger partial charge is 0.175 e. The van der Waals surface area contributed by atoms with Crippen LogP contribution >= 0.6 is 0 Å². The highest BCUT2D eigenvalue weighted by molar-refractivity contribution is 7.90. The third-order valence-electron chi connectivity index (χ3n) is 3.56. The number of aromatic amines is 1. The van der Waals surface area contributed by atoms with Crippen molar-refractivity contribution in [2.45, 2.75) is 4.90 Å². The van der Waals surface area contributed by atoms with Gasteiger partial charge < -0.3 is 10.2 Å². The van der Waals surface area contributed by atoms with Crippen molar-refractivity contribution in [1.29, 1.82) is 0 Å². The lowest BCUT2D eigenvalue weighted by Gasteiger charge is -2.03. The van der Waals surface area contributed by atoms with Crippen molar-refractivity contribution < 1.29 is 18.0 Å². The summed E-state index contributed by atoms with van der Waals surface area (Å²) in [4.78, 5) is 3.34. The van der Waals surface area contributed by atoms with Gasteiger partial charge in [-0.05, 0) is 35.9 Å². The molecule has 5 nitrogen and oxygen atoms in total. The van der Waals surface area contributed by atoms with E-state index >= 15 is 0 Å². The van der Waals surface area contributed by atoms with Gasteiger partial charge in [0.25, 0.3) is 0 Å². The first kappa shape index (κ1) is 15.2. The van der Waals surface area contributed by atoms with Crippen LogP contribution in [0, 0.1) is 5.82 Å². The first-order valence-electron chi connectivity index (χ1n) is 6.69. The first-order valence-corrected chi connectivity index (χ1v) is 8.58. The van der Waals surface area contributed by atoms with Gasteiger partial charge in [0, 0.05) is 22.7 Å². The van der Waals surface area contributed by atoms with E-state index in [0.29, 0.717) is 27.7 Å². The molecule has 3 aromatic rings. The third kappa shape index (κ3) is 2.83. The van der Waals surface area contributed by atoms with Crippen LogP contribution in [0.15, 0.2) is 52.5 Å². The van der Waals surface area contributed by atoms with Gasteiger partial charge in [-0.15, -0.1) is 0 Å². The van der Waals surface area contributed by atoms with Crippen LogP contribution in [0.3, 0.4) is 0 Å². The summed E-state index contributed by atoms with van der Waals surface area (Å²) < 4.78 is 36.5. The lowest BCUT2D eigenvalue weighted by molar-refractivity contribution is 0.322. The Morgan fingerprint density at radius 1 is 1.17 bits per heavy atom. The molecule has 2 N–H and O–H groups in total. The summed E-state index contributed by atoms with van der Waals surface area (Å²) >= 11 is 0. The van der Waals surface area contributed by atoms with Gasteiger partial charge in [-0.3, -0.25) is 0 Å². The summed E-state index contributed by atoms with van der Waals surface area (Å²) in [5.41, 5.74) is 2.52. The Bertz CT molecular complexity index is 1010. The molecule has 0 aliphatic heterocycles. The topological polar surface area (TPSA) is 82.5 Å². The van der Waals surface area contributed by atoms with E-state index in [-0.39, 0.29) is 4.90 Å². The molecule has 0 fully saturated rings. The highest BCUT2D eigenvalue weighted by Crippen LogP contribution is 2.30. The van der Waals surface area contributed by atoms with Gasteiger partial charge in [-0.1, -0.05) is 17.3 Å². The highest BCUT2D eigenvalue weighted by Gasteiger charge is 2.14. The van der Waals surface area contributed by atoms with Gasteiger partial charge in [0.2, 0.25) is 0 Å². The van der Waals surface area contributed by atoms with E-state index in [1.54, 1.807) is 18.2 Å². The zero-order chi connectivity index (χ0) is 16.6. The molecular weight excluding hydrogens is 319 g/mol. The average Bonchev–Trinajstić information content (AvgIpc) is 2.85. The number of rotatable bonds is 3. The molecular formula is C16H13FN2O3S. The van der Waals surface area contributed by atoms with Crippen LogP contribution in [0.25, 0.3) is 22.2 Å². The molecule has 0 atom stereocenters. The molecule has 2 aromatic carbocycles. The summed E-state index contributed by atoms with van der Waals surface area (Å²) in [6, 6.07) is 10.5. The summed E-state index contributed by atoms with van der Waals surface area (Å²) in [5, 5.41) is 12.5. The van der Waals surface area contributed by atoms with Gasteiger partial charge in [0.05, 0.1) is 16.8 Å². The number of benzene rings is 2. The fraction of sp³-hybridized carbons (Fsp3) is 0.0625. The van der Waals surface area contributed by atoms with Crippen molar-refractivity contribution in [2.75, 3.05) is 6.26 Å². The standard InChI is InChI=1S/C16H13FN2O3S/c1-23(21,22)12-5-2-10(3-6-12)16-14(9-18-20)13-8-11(17)4-7-15(13)19-16/h2-9,19-20H,1H3. The van der Waals surface area contributed by atoms with Gasteiger partial charge in [0.15, 0.2) is 9.84 Å². The van der Waals surface area contributed by atoms with E-state index in [2.05, 4.69) is 10.1 Å². The zero-order valence-electron chi connectivity index (χ0n) is 12.1. The number of fused-ring (bicyclic) bond motifs is 1. The third-order valence-corrected chi connectivity index (χ3v) is 4.69. The van der Waals surface area contributed by atoms with Crippen LogP contribution in [-0.2, 0) is 9.84 Å².